The maximum absolute atomic E-state index is 13.0. The Balaban J connectivity index is 1.57. The number of aromatic nitrogens is 4. The van der Waals surface area contributed by atoms with Crippen LogP contribution in [-0.4, -0.2) is 25.5 Å². The summed E-state index contributed by atoms with van der Waals surface area (Å²) < 4.78 is 29.0. The number of hydrogen-bond donors (Lipinski definition) is 1. The van der Waals surface area contributed by atoms with Gasteiger partial charge in [-0.1, -0.05) is 48.5 Å². The van der Waals surface area contributed by atoms with Gasteiger partial charge >= 0.3 is 0 Å². The standard InChI is InChI=1S/C24H23F2N5O/c1-16-13-21(23(25)26)28-31(16)17(2)24(32)27-14-19-15-30(20-11-7-4-8-12-20)29-22(19)18-9-5-3-6-10-18/h3-13,15,17,23H,14H2,1-2H3,(H,27,32). The molecule has 2 aromatic heterocycles. The number of alkyl halides is 2. The number of carbonyl (C=O) groups excluding carboxylic acids is 1. The predicted molar refractivity (Wildman–Crippen MR) is 117 cm³/mol. The van der Waals surface area contributed by atoms with Gasteiger partial charge in [-0.2, -0.15) is 10.2 Å². The second kappa shape index (κ2) is 9.13. The van der Waals surface area contributed by atoms with Gasteiger partial charge in [0.2, 0.25) is 5.91 Å². The SMILES string of the molecule is Cc1cc(C(F)F)nn1C(C)C(=O)NCc1cn(-c2ccccc2)nc1-c1ccccc1. The molecule has 2 aromatic carbocycles. The highest BCUT2D eigenvalue weighted by Crippen LogP contribution is 2.24. The highest BCUT2D eigenvalue weighted by molar-refractivity contribution is 5.80. The molecule has 0 bridgehead atoms. The van der Waals surface area contributed by atoms with Crippen LogP contribution in [0.2, 0.25) is 0 Å². The van der Waals surface area contributed by atoms with Crippen LogP contribution in [0, 0.1) is 6.92 Å². The van der Waals surface area contributed by atoms with E-state index in [9.17, 15) is 13.6 Å². The largest absolute Gasteiger partial charge is 0.350 e. The number of hydrogen-bond acceptors (Lipinski definition) is 3. The van der Waals surface area contributed by atoms with Crippen molar-refractivity contribution >= 4 is 5.91 Å². The summed E-state index contributed by atoms with van der Waals surface area (Å²) >= 11 is 0. The van der Waals surface area contributed by atoms with Crippen molar-refractivity contribution in [3.63, 3.8) is 0 Å². The van der Waals surface area contributed by atoms with E-state index >= 15 is 0 Å². The second-order valence-electron chi connectivity index (χ2n) is 7.50. The molecular formula is C24H23F2N5O. The Hall–Kier alpha value is -3.81. The lowest BCUT2D eigenvalue weighted by atomic mass is 10.1. The molecular weight excluding hydrogens is 412 g/mol. The summed E-state index contributed by atoms with van der Waals surface area (Å²) in [6.07, 6.45) is -0.793. The lowest BCUT2D eigenvalue weighted by Crippen LogP contribution is -2.31. The molecule has 6 nitrogen and oxygen atoms in total. The van der Waals surface area contributed by atoms with Crippen molar-refractivity contribution < 1.29 is 13.6 Å². The van der Waals surface area contributed by atoms with Crippen LogP contribution in [0.4, 0.5) is 8.78 Å². The lowest BCUT2D eigenvalue weighted by molar-refractivity contribution is -0.124. The molecule has 2 heterocycles. The maximum Gasteiger partial charge on any atom is 0.282 e. The fourth-order valence-corrected chi connectivity index (χ4v) is 3.54. The van der Waals surface area contributed by atoms with Gasteiger partial charge in [0, 0.05) is 29.6 Å². The molecule has 4 aromatic rings. The zero-order valence-electron chi connectivity index (χ0n) is 17.7. The Kier molecular flexibility index (Phi) is 6.11. The van der Waals surface area contributed by atoms with E-state index < -0.39 is 12.5 Å². The quantitative estimate of drug-likeness (QED) is 0.451. The number of carbonyl (C=O) groups is 1. The van der Waals surface area contributed by atoms with Gasteiger partial charge in [0.25, 0.3) is 6.43 Å². The average Bonchev–Trinajstić information content (AvgIpc) is 3.42. The van der Waals surface area contributed by atoms with Gasteiger partial charge in [-0.05, 0) is 32.0 Å². The monoisotopic (exact) mass is 435 g/mol. The minimum absolute atomic E-state index is 0.238. The van der Waals surface area contributed by atoms with Gasteiger partial charge in [0.05, 0.1) is 11.4 Å². The number of nitrogens with one attached hydrogen (secondary N) is 1. The van der Waals surface area contributed by atoms with Gasteiger partial charge in [0.15, 0.2) is 0 Å². The van der Waals surface area contributed by atoms with Gasteiger partial charge in [0.1, 0.15) is 11.7 Å². The topological polar surface area (TPSA) is 64.7 Å². The molecule has 0 spiro atoms. The van der Waals surface area contributed by atoms with Crippen molar-refractivity contribution in [2.45, 2.75) is 32.9 Å². The summed E-state index contributed by atoms with van der Waals surface area (Å²) in [5, 5.41) is 11.5. The lowest BCUT2D eigenvalue weighted by Gasteiger charge is -2.14. The first kappa shape index (κ1) is 21.4. The summed E-state index contributed by atoms with van der Waals surface area (Å²) in [5.74, 6) is -0.316. The van der Waals surface area contributed by atoms with Crippen LogP contribution in [0.15, 0.2) is 72.9 Å². The van der Waals surface area contributed by atoms with E-state index in [1.54, 1.807) is 18.5 Å². The third-order valence-corrected chi connectivity index (χ3v) is 5.22. The fraction of sp³-hybridized carbons (Fsp3) is 0.208. The molecule has 0 aliphatic heterocycles. The molecule has 1 unspecified atom stereocenters. The Morgan fingerprint density at radius 1 is 1.03 bits per heavy atom. The first-order chi connectivity index (χ1) is 15.4. The number of aryl methyl sites for hydroxylation is 1. The summed E-state index contributed by atoms with van der Waals surface area (Å²) in [5.41, 5.74) is 3.61. The fourth-order valence-electron chi connectivity index (χ4n) is 3.54. The zero-order chi connectivity index (χ0) is 22.7. The van der Waals surface area contributed by atoms with Crippen molar-refractivity contribution in [2.75, 3.05) is 0 Å². The molecule has 0 saturated carbocycles. The Labute approximate surface area is 184 Å². The van der Waals surface area contributed by atoms with Crippen LogP contribution >= 0.6 is 0 Å². The normalized spacial score (nSPS) is 12.2. The predicted octanol–water partition coefficient (Wildman–Crippen LogP) is 4.86. The Morgan fingerprint density at radius 2 is 1.69 bits per heavy atom. The first-order valence-electron chi connectivity index (χ1n) is 10.3. The van der Waals surface area contributed by atoms with Gasteiger partial charge in [-0.3, -0.25) is 9.48 Å². The third kappa shape index (κ3) is 4.44. The number of halogens is 2. The molecule has 164 valence electrons. The Morgan fingerprint density at radius 3 is 2.31 bits per heavy atom. The minimum atomic E-state index is -2.68. The number of amides is 1. The first-order valence-corrected chi connectivity index (χ1v) is 10.3. The molecule has 32 heavy (non-hydrogen) atoms. The molecule has 0 aliphatic rings. The van der Waals surface area contributed by atoms with Crippen LogP contribution in [-0.2, 0) is 11.3 Å². The van der Waals surface area contributed by atoms with E-state index in [1.165, 1.54) is 10.7 Å². The van der Waals surface area contributed by atoms with Gasteiger partial charge in [-0.15, -0.1) is 0 Å². The molecule has 1 atom stereocenters. The van der Waals surface area contributed by atoms with Crippen LogP contribution < -0.4 is 5.32 Å². The van der Waals surface area contributed by atoms with Crippen molar-refractivity contribution in [3.8, 4) is 16.9 Å². The molecule has 4 rings (SSSR count). The third-order valence-electron chi connectivity index (χ3n) is 5.22. The average molecular weight is 435 g/mol. The van der Waals surface area contributed by atoms with Crippen LogP contribution in [0.1, 0.15) is 36.3 Å². The second-order valence-corrected chi connectivity index (χ2v) is 7.50. The van der Waals surface area contributed by atoms with E-state index in [2.05, 4.69) is 10.4 Å². The van der Waals surface area contributed by atoms with Crippen LogP contribution in [0.3, 0.4) is 0 Å². The molecule has 0 aliphatic carbocycles. The summed E-state index contributed by atoms with van der Waals surface area (Å²) in [6.45, 7) is 3.53. The molecule has 1 amide bonds. The van der Waals surface area contributed by atoms with Crippen molar-refractivity contribution in [1.82, 2.24) is 24.9 Å². The maximum atomic E-state index is 13.0. The highest BCUT2D eigenvalue weighted by Gasteiger charge is 2.22. The van der Waals surface area contributed by atoms with E-state index in [4.69, 9.17) is 5.10 Å². The number of rotatable bonds is 7. The van der Waals surface area contributed by atoms with Gasteiger partial charge < -0.3 is 5.32 Å². The molecule has 8 heteroatoms. The zero-order valence-corrected chi connectivity index (χ0v) is 17.7. The van der Waals surface area contributed by atoms with Crippen molar-refractivity contribution in [1.29, 1.82) is 0 Å². The number of benzene rings is 2. The highest BCUT2D eigenvalue weighted by atomic mass is 19.3. The molecule has 0 saturated heterocycles. The van der Waals surface area contributed by atoms with E-state index in [-0.39, 0.29) is 18.1 Å². The van der Waals surface area contributed by atoms with E-state index in [0.717, 1.165) is 22.5 Å². The number of nitrogens with zero attached hydrogens (tertiary/aromatic N) is 4. The summed E-state index contributed by atoms with van der Waals surface area (Å²) in [6, 6.07) is 20.0. The summed E-state index contributed by atoms with van der Waals surface area (Å²) in [4.78, 5) is 12.8. The molecule has 0 radical (unpaired) electrons. The van der Waals surface area contributed by atoms with Gasteiger partial charge in [-0.25, -0.2) is 13.5 Å². The molecule has 0 fully saturated rings. The summed E-state index contributed by atoms with van der Waals surface area (Å²) in [7, 11) is 0. The van der Waals surface area contributed by atoms with E-state index in [1.807, 2.05) is 66.9 Å². The van der Waals surface area contributed by atoms with Crippen LogP contribution in [0.5, 0.6) is 0 Å². The smallest absolute Gasteiger partial charge is 0.282 e. The van der Waals surface area contributed by atoms with Crippen molar-refractivity contribution in [3.05, 3.63) is 89.9 Å². The minimum Gasteiger partial charge on any atom is -0.350 e. The van der Waals surface area contributed by atoms with E-state index in [0.29, 0.717) is 5.69 Å². The Bertz CT molecular complexity index is 1200. The molecule has 1 N–H and O–H groups in total. The van der Waals surface area contributed by atoms with Crippen LogP contribution in [0.25, 0.3) is 16.9 Å². The van der Waals surface area contributed by atoms with Crippen molar-refractivity contribution in [2.24, 2.45) is 0 Å². The number of para-hydroxylation sites is 1.